The molecule has 3 unspecified atom stereocenters. The van der Waals surface area contributed by atoms with E-state index in [0.717, 1.165) is 24.3 Å². The summed E-state index contributed by atoms with van der Waals surface area (Å²) < 4.78 is 5.49. The van der Waals surface area contributed by atoms with Gasteiger partial charge in [-0.1, -0.05) is 44.2 Å². The van der Waals surface area contributed by atoms with Gasteiger partial charge in [-0.25, -0.2) is 0 Å². The van der Waals surface area contributed by atoms with Crippen LogP contribution in [-0.4, -0.2) is 66.9 Å². The molecule has 0 N–H and O–H groups in total. The summed E-state index contributed by atoms with van der Waals surface area (Å²) in [6.45, 7) is 7.48. The van der Waals surface area contributed by atoms with Crippen LogP contribution in [0, 0.1) is 17.8 Å². The van der Waals surface area contributed by atoms with E-state index in [2.05, 4.69) is 11.0 Å². The van der Waals surface area contributed by atoms with Crippen molar-refractivity contribution in [1.82, 2.24) is 9.80 Å². The number of para-hydroxylation sites is 1. The van der Waals surface area contributed by atoms with Crippen LogP contribution in [0.25, 0.3) is 0 Å². The van der Waals surface area contributed by atoms with Gasteiger partial charge in [0.15, 0.2) is 0 Å². The van der Waals surface area contributed by atoms with E-state index in [9.17, 15) is 14.4 Å². The van der Waals surface area contributed by atoms with Crippen LogP contribution in [0.2, 0.25) is 0 Å². The molecule has 0 saturated carbocycles. The van der Waals surface area contributed by atoms with Crippen molar-refractivity contribution in [3.63, 3.8) is 0 Å². The van der Waals surface area contributed by atoms with Crippen molar-refractivity contribution >= 4 is 23.4 Å². The van der Waals surface area contributed by atoms with E-state index in [1.165, 1.54) is 4.90 Å². The fourth-order valence-corrected chi connectivity index (χ4v) is 5.24. The highest BCUT2D eigenvalue weighted by atomic mass is 16.5. The molecule has 7 nitrogen and oxygen atoms in total. The number of benzene rings is 1. The van der Waals surface area contributed by atoms with Gasteiger partial charge in [0.25, 0.3) is 0 Å². The van der Waals surface area contributed by atoms with Gasteiger partial charge in [-0.2, -0.15) is 0 Å². The molecule has 2 aliphatic heterocycles. The molecular weight excluding hydrogens is 418 g/mol. The summed E-state index contributed by atoms with van der Waals surface area (Å²) in [6, 6.07) is 7.36. The number of imide groups is 1. The molecule has 0 radical (unpaired) electrons. The third-order valence-electron chi connectivity index (χ3n) is 6.96. The highest BCUT2D eigenvalue weighted by molar-refractivity contribution is 6.08. The van der Waals surface area contributed by atoms with Crippen molar-refractivity contribution in [2.45, 2.75) is 45.7 Å². The Balaban J connectivity index is 1.54. The number of likely N-dealkylation sites (N-methyl/N-ethyl adjacent to an activating group) is 1. The second-order valence-electron chi connectivity index (χ2n) is 9.77. The summed E-state index contributed by atoms with van der Waals surface area (Å²) in [7, 11) is 1.77. The Labute approximate surface area is 196 Å². The number of ether oxygens (including phenoxy) is 1. The number of rotatable bonds is 7. The molecule has 33 heavy (non-hydrogen) atoms. The second-order valence-corrected chi connectivity index (χ2v) is 9.77. The smallest absolute Gasteiger partial charge is 0.245 e. The van der Waals surface area contributed by atoms with Gasteiger partial charge in [0.1, 0.15) is 6.04 Å². The summed E-state index contributed by atoms with van der Waals surface area (Å²) in [5, 5.41) is 0. The molecule has 1 aliphatic carbocycles. The maximum absolute atomic E-state index is 13.7. The van der Waals surface area contributed by atoms with Gasteiger partial charge in [0.2, 0.25) is 17.7 Å². The van der Waals surface area contributed by atoms with E-state index in [-0.39, 0.29) is 35.5 Å². The zero-order valence-corrected chi connectivity index (χ0v) is 19.9. The SMILES string of the molecule is CC(C)CC(C(=O)N(C)Cc1ccccc1N1CCOCC1)N1C(=O)C2CC=CCC2C1=O. The normalized spacial score (nSPS) is 23.8. The Morgan fingerprint density at radius 2 is 1.67 bits per heavy atom. The average molecular weight is 454 g/mol. The number of hydrogen-bond donors (Lipinski definition) is 0. The number of allylic oxidation sites excluding steroid dienone is 2. The van der Waals surface area contributed by atoms with Crippen molar-refractivity contribution < 1.29 is 19.1 Å². The zero-order valence-electron chi connectivity index (χ0n) is 19.9. The lowest BCUT2D eigenvalue weighted by molar-refractivity contribution is -0.152. The number of carbonyl (C=O) groups excluding carboxylic acids is 3. The molecule has 1 aromatic carbocycles. The van der Waals surface area contributed by atoms with Gasteiger partial charge in [0, 0.05) is 32.4 Å². The highest BCUT2D eigenvalue weighted by Crippen LogP contribution is 2.37. The zero-order chi connectivity index (χ0) is 23.5. The van der Waals surface area contributed by atoms with Crippen LogP contribution >= 0.6 is 0 Å². The van der Waals surface area contributed by atoms with Crippen LogP contribution in [-0.2, 0) is 25.7 Å². The summed E-state index contributed by atoms with van der Waals surface area (Å²) in [5.74, 6) is -1.01. The molecule has 3 atom stereocenters. The Morgan fingerprint density at radius 3 is 2.27 bits per heavy atom. The topological polar surface area (TPSA) is 70.2 Å². The Hall–Kier alpha value is -2.67. The van der Waals surface area contributed by atoms with E-state index in [1.54, 1.807) is 11.9 Å². The van der Waals surface area contributed by atoms with Crippen molar-refractivity contribution in [3.8, 4) is 0 Å². The van der Waals surface area contributed by atoms with Gasteiger partial charge < -0.3 is 14.5 Å². The van der Waals surface area contributed by atoms with Crippen molar-refractivity contribution in [2.75, 3.05) is 38.3 Å². The van der Waals surface area contributed by atoms with E-state index in [0.29, 0.717) is 39.0 Å². The molecule has 0 spiro atoms. The molecule has 7 heteroatoms. The molecule has 2 heterocycles. The number of amides is 3. The lowest BCUT2D eigenvalue weighted by Gasteiger charge is -2.33. The number of fused-ring (bicyclic) bond motifs is 1. The van der Waals surface area contributed by atoms with Crippen LogP contribution < -0.4 is 4.90 Å². The molecule has 3 amide bonds. The second kappa shape index (κ2) is 10.1. The number of likely N-dealkylation sites (tertiary alicyclic amines) is 1. The maximum atomic E-state index is 13.7. The van der Waals surface area contributed by atoms with Gasteiger partial charge in [0.05, 0.1) is 25.0 Å². The van der Waals surface area contributed by atoms with E-state index < -0.39 is 6.04 Å². The first-order chi connectivity index (χ1) is 15.9. The Bertz CT molecular complexity index is 896. The van der Waals surface area contributed by atoms with Gasteiger partial charge >= 0.3 is 0 Å². The van der Waals surface area contributed by atoms with Gasteiger partial charge in [-0.15, -0.1) is 0 Å². The number of hydrogen-bond acceptors (Lipinski definition) is 5. The maximum Gasteiger partial charge on any atom is 0.245 e. The van der Waals surface area contributed by atoms with Crippen molar-refractivity contribution in [3.05, 3.63) is 42.0 Å². The molecule has 178 valence electrons. The van der Waals surface area contributed by atoms with Crippen LogP contribution in [0.15, 0.2) is 36.4 Å². The standard InChI is InChI=1S/C26H35N3O4/c1-18(2)16-23(29-24(30)20-9-5-6-10-21(20)25(29)31)26(32)27(3)17-19-8-4-7-11-22(19)28-12-14-33-15-13-28/h4-8,11,18,20-21,23H,9-10,12-17H2,1-3H3. The number of anilines is 1. The molecular formula is C26H35N3O4. The predicted molar refractivity (Wildman–Crippen MR) is 126 cm³/mol. The minimum atomic E-state index is -0.754. The third kappa shape index (κ3) is 4.83. The summed E-state index contributed by atoms with van der Waals surface area (Å²) in [6.07, 6.45) is 5.58. The minimum absolute atomic E-state index is 0.172. The monoisotopic (exact) mass is 453 g/mol. The first-order valence-corrected chi connectivity index (χ1v) is 12.1. The Morgan fingerprint density at radius 1 is 1.06 bits per heavy atom. The highest BCUT2D eigenvalue weighted by Gasteiger charge is 2.51. The summed E-state index contributed by atoms with van der Waals surface area (Å²) >= 11 is 0. The lowest BCUT2D eigenvalue weighted by atomic mass is 9.85. The number of nitrogens with zero attached hydrogens (tertiary/aromatic N) is 3. The van der Waals surface area contributed by atoms with Gasteiger partial charge in [-0.05, 0) is 36.8 Å². The average Bonchev–Trinajstić information content (AvgIpc) is 3.08. The molecule has 1 aromatic rings. The molecule has 0 aromatic heterocycles. The molecule has 3 aliphatic rings. The third-order valence-corrected chi connectivity index (χ3v) is 6.96. The van der Waals surface area contributed by atoms with E-state index in [1.807, 2.05) is 44.2 Å². The van der Waals surface area contributed by atoms with Crippen LogP contribution in [0.4, 0.5) is 5.69 Å². The van der Waals surface area contributed by atoms with E-state index in [4.69, 9.17) is 4.74 Å². The summed E-state index contributed by atoms with van der Waals surface area (Å²) in [5.41, 5.74) is 2.15. The minimum Gasteiger partial charge on any atom is -0.378 e. The molecule has 0 bridgehead atoms. The van der Waals surface area contributed by atoms with E-state index >= 15 is 0 Å². The first-order valence-electron chi connectivity index (χ1n) is 12.1. The number of carbonyl (C=O) groups is 3. The van der Waals surface area contributed by atoms with Crippen molar-refractivity contribution in [1.29, 1.82) is 0 Å². The van der Waals surface area contributed by atoms with Crippen LogP contribution in [0.1, 0.15) is 38.7 Å². The van der Waals surface area contributed by atoms with Gasteiger partial charge in [-0.3, -0.25) is 19.3 Å². The fourth-order valence-electron chi connectivity index (χ4n) is 5.24. The fraction of sp³-hybridized carbons (Fsp3) is 0.577. The molecule has 2 fully saturated rings. The predicted octanol–water partition coefficient (Wildman–Crippen LogP) is 2.85. The summed E-state index contributed by atoms with van der Waals surface area (Å²) in [4.78, 5) is 45.3. The number of morpholine rings is 1. The van der Waals surface area contributed by atoms with Crippen LogP contribution in [0.5, 0.6) is 0 Å². The quantitative estimate of drug-likeness (QED) is 0.469. The Kier molecular flexibility index (Phi) is 7.17. The first kappa shape index (κ1) is 23.5. The van der Waals surface area contributed by atoms with Crippen molar-refractivity contribution in [2.24, 2.45) is 17.8 Å². The lowest BCUT2D eigenvalue weighted by Crippen LogP contribution is -2.51. The largest absolute Gasteiger partial charge is 0.378 e. The van der Waals surface area contributed by atoms with Crippen LogP contribution in [0.3, 0.4) is 0 Å². The molecule has 2 saturated heterocycles. The molecule has 4 rings (SSSR count).